The van der Waals surface area contributed by atoms with E-state index in [4.69, 9.17) is 14.2 Å². The molecule has 1 N–H and O–H groups in total. The first-order chi connectivity index (χ1) is 15.2. The van der Waals surface area contributed by atoms with Crippen molar-refractivity contribution in [3.8, 4) is 11.5 Å². The molecule has 3 heterocycles. The second-order valence-electron chi connectivity index (χ2n) is 8.24. The van der Waals surface area contributed by atoms with Crippen LogP contribution in [-0.4, -0.2) is 58.1 Å². The fourth-order valence-electron chi connectivity index (χ4n) is 4.75. The number of benzene rings is 1. The number of rotatable bonds is 6. The summed E-state index contributed by atoms with van der Waals surface area (Å²) in [6.45, 7) is 3.95. The van der Waals surface area contributed by atoms with Crippen LogP contribution >= 0.6 is 0 Å². The summed E-state index contributed by atoms with van der Waals surface area (Å²) in [4.78, 5) is 20.3. The number of nitrogens with one attached hydrogen (secondary N) is 1. The molecule has 7 nitrogen and oxygen atoms in total. The van der Waals surface area contributed by atoms with Crippen molar-refractivity contribution in [2.75, 3.05) is 56.9 Å². The van der Waals surface area contributed by atoms with Crippen LogP contribution in [0.4, 0.5) is 11.5 Å². The molecular weight excluding hydrogens is 394 g/mol. The third-order valence-corrected chi connectivity index (χ3v) is 6.32. The summed E-state index contributed by atoms with van der Waals surface area (Å²) >= 11 is 0. The first kappa shape index (κ1) is 21.6. The summed E-state index contributed by atoms with van der Waals surface area (Å²) in [5.74, 6) is 2.45. The van der Waals surface area contributed by atoms with Gasteiger partial charge >= 0.3 is 0 Å². The summed E-state index contributed by atoms with van der Waals surface area (Å²) in [6, 6.07) is 10.2. The van der Waals surface area contributed by atoms with Gasteiger partial charge in [0, 0.05) is 49.1 Å². The maximum absolute atomic E-state index is 12.6. The Hall–Kier alpha value is -2.67. The molecule has 7 heteroatoms. The standard InChI is InChI=1S/C24H33N3O4/c1-29-21-9-6-7-18(24(21)30-2)15-19-8-4-3-5-10-27(19)22-16-20(17-23(28)25-22)26-11-13-31-14-12-26/h6-7,9,16-17,19H,3-5,8,10-15H2,1-2H3,(H,25,28)/t19-/m1/s1. The number of pyridine rings is 1. The van der Waals surface area contributed by atoms with E-state index in [1.165, 1.54) is 12.8 Å². The number of H-pyrrole nitrogens is 1. The van der Waals surface area contributed by atoms with Crippen LogP contribution in [0.15, 0.2) is 35.1 Å². The van der Waals surface area contributed by atoms with Gasteiger partial charge < -0.3 is 29.0 Å². The van der Waals surface area contributed by atoms with Crippen molar-refractivity contribution >= 4 is 11.5 Å². The van der Waals surface area contributed by atoms with Crippen LogP contribution in [0.1, 0.15) is 31.2 Å². The Morgan fingerprint density at radius 1 is 1.06 bits per heavy atom. The minimum absolute atomic E-state index is 0.0547. The Labute approximate surface area is 183 Å². The maximum atomic E-state index is 12.6. The maximum Gasteiger partial charge on any atom is 0.251 e. The highest BCUT2D eigenvalue weighted by Gasteiger charge is 2.25. The van der Waals surface area contributed by atoms with E-state index < -0.39 is 0 Å². The molecule has 0 aliphatic carbocycles. The zero-order valence-electron chi connectivity index (χ0n) is 18.6. The quantitative estimate of drug-likeness (QED) is 0.764. The van der Waals surface area contributed by atoms with Crippen molar-refractivity contribution in [2.45, 2.75) is 38.1 Å². The number of morpholine rings is 1. The predicted molar refractivity (Wildman–Crippen MR) is 123 cm³/mol. The first-order valence-corrected chi connectivity index (χ1v) is 11.2. The number of methoxy groups -OCH3 is 2. The normalized spacial score (nSPS) is 19.7. The van der Waals surface area contributed by atoms with Gasteiger partial charge in [-0.05, 0) is 25.3 Å². The predicted octanol–water partition coefficient (Wildman–Crippen LogP) is 3.22. The van der Waals surface area contributed by atoms with Crippen LogP contribution in [0.3, 0.4) is 0 Å². The van der Waals surface area contributed by atoms with Gasteiger partial charge in [-0.15, -0.1) is 0 Å². The zero-order valence-corrected chi connectivity index (χ0v) is 18.6. The molecule has 0 radical (unpaired) electrons. The Kier molecular flexibility index (Phi) is 7.02. The minimum atomic E-state index is -0.0547. The smallest absolute Gasteiger partial charge is 0.251 e. The molecule has 2 aliphatic rings. The van der Waals surface area contributed by atoms with Gasteiger partial charge in [0.25, 0.3) is 5.56 Å². The highest BCUT2D eigenvalue weighted by atomic mass is 16.5. The van der Waals surface area contributed by atoms with Gasteiger partial charge in [-0.25, -0.2) is 0 Å². The van der Waals surface area contributed by atoms with E-state index in [1.54, 1.807) is 20.3 Å². The van der Waals surface area contributed by atoms with E-state index in [-0.39, 0.29) is 11.6 Å². The molecule has 1 atom stereocenters. The number of hydrogen-bond donors (Lipinski definition) is 1. The Morgan fingerprint density at radius 3 is 2.68 bits per heavy atom. The summed E-state index contributed by atoms with van der Waals surface area (Å²) in [5, 5.41) is 0. The van der Waals surface area contributed by atoms with Crippen LogP contribution in [0, 0.1) is 0 Å². The van der Waals surface area contributed by atoms with E-state index in [9.17, 15) is 4.79 Å². The molecule has 2 aliphatic heterocycles. The van der Waals surface area contributed by atoms with E-state index in [0.717, 1.165) is 67.5 Å². The van der Waals surface area contributed by atoms with Gasteiger partial charge in [0.15, 0.2) is 11.5 Å². The second kappa shape index (κ2) is 10.1. The van der Waals surface area contributed by atoms with Crippen LogP contribution in [0.5, 0.6) is 11.5 Å². The van der Waals surface area contributed by atoms with Crippen LogP contribution in [-0.2, 0) is 11.2 Å². The molecule has 31 heavy (non-hydrogen) atoms. The second-order valence-corrected chi connectivity index (χ2v) is 8.24. The highest BCUT2D eigenvalue weighted by molar-refractivity contribution is 5.56. The van der Waals surface area contributed by atoms with E-state index in [2.05, 4.69) is 26.9 Å². The number of anilines is 2. The molecule has 0 bridgehead atoms. The van der Waals surface area contributed by atoms with Gasteiger partial charge in [0.05, 0.1) is 27.4 Å². The molecule has 1 aromatic heterocycles. The van der Waals surface area contributed by atoms with Gasteiger partial charge in [-0.2, -0.15) is 0 Å². The van der Waals surface area contributed by atoms with Gasteiger partial charge in [0.1, 0.15) is 5.82 Å². The molecule has 168 valence electrons. The first-order valence-electron chi connectivity index (χ1n) is 11.2. The molecule has 2 saturated heterocycles. The molecule has 1 aromatic carbocycles. The average molecular weight is 428 g/mol. The fourth-order valence-corrected chi connectivity index (χ4v) is 4.75. The monoisotopic (exact) mass is 427 g/mol. The number of aromatic amines is 1. The number of para-hydroxylation sites is 1. The largest absolute Gasteiger partial charge is 0.493 e. The van der Waals surface area contributed by atoms with Crippen LogP contribution in [0.25, 0.3) is 0 Å². The van der Waals surface area contributed by atoms with Crippen molar-refractivity contribution in [1.29, 1.82) is 0 Å². The van der Waals surface area contributed by atoms with Crippen molar-refractivity contribution < 1.29 is 14.2 Å². The molecule has 0 spiro atoms. The molecule has 0 amide bonds. The highest BCUT2D eigenvalue weighted by Crippen LogP contribution is 2.34. The molecular formula is C24H33N3O4. The third kappa shape index (κ3) is 4.98. The topological polar surface area (TPSA) is 67.0 Å². The number of aromatic nitrogens is 1. The number of ether oxygens (including phenoxy) is 3. The summed E-state index contributed by atoms with van der Waals surface area (Å²) < 4.78 is 16.7. The van der Waals surface area contributed by atoms with Crippen molar-refractivity contribution in [3.63, 3.8) is 0 Å². The van der Waals surface area contributed by atoms with Crippen molar-refractivity contribution in [1.82, 2.24) is 4.98 Å². The summed E-state index contributed by atoms with van der Waals surface area (Å²) in [5.41, 5.74) is 2.05. The van der Waals surface area contributed by atoms with Crippen molar-refractivity contribution in [2.24, 2.45) is 0 Å². The lowest BCUT2D eigenvalue weighted by Crippen LogP contribution is -2.39. The van der Waals surface area contributed by atoms with Crippen LogP contribution in [0.2, 0.25) is 0 Å². The minimum Gasteiger partial charge on any atom is -0.493 e. The van der Waals surface area contributed by atoms with E-state index >= 15 is 0 Å². The lowest BCUT2D eigenvalue weighted by Gasteiger charge is -2.34. The van der Waals surface area contributed by atoms with Crippen LogP contribution < -0.4 is 24.8 Å². The molecule has 0 saturated carbocycles. The number of nitrogens with zero attached hydrogens (tertiary/aromatic N) is 2. The lowest BCUT2D eigenvalue weighted by atomic mass is 9.99. The summed E-state index contributed by atoms with van der Waals surface area (Å²) in [6.07, 6.45) is 5.42. The molecule has 4 rings (SSSR count). The van der Waals surface area contributed by atoms with Gasteiger partial charge in [0.2, 0.25) is 0 Å². The summed E-state index contributed by atoms with van der Waals surface area (Å²) in [7, 11) is 3.36. The molecule has 2 fully saturated rings. The SMILES string of the molecule is COc1cccc(C[C@H]2CCCCCN2c2cc(N3CCOCC3)cc(=O)[nH]2)c1OC. The van der Waals surface area contributed by atoms with Gasteiger partial charge in [-0.1, -0.05) is 25.0 Å². The molecule has 0 unspecified atom stereocenters. The Balaban J connectivity index is 1.64. The number of hydrogen-bond acceptors (Lipinski definition) is 6. The van der Waals surface area contributed by atoms with E-state index in [1.807, 2.05) is 12.1 Å². The average Bonchev–Trinajstić information content (AvgIpc) is 3.04. The lowest BCUT2D eigenvalue weighted by molar-refractivity contribution is 0.122. The third-order valence-electron chi connectivity index (χ3n) is 6.32. The van der Waals surface area contributed by atoms with Gasteiger partial charge in [-0.3, -0.25) is 4.79 Å². The van der Waals surface area contributed by atoms with Crippen molar-refractivity contribution in [3.05, 3.63) is 46.2 Å². The Morgan fingerprint density at radius 2 is 1.90 bits per heavy atom. The fraction of sp³-hybridized carbons (Fsp3) is 0.542. The van der Waals surface area contributed by atoms with E-state index in [0.29, 0.717) is 13.2 Å². The zero-order chi connectivity index (χ0) is 21.6. The Bertz CT molecular complexity index is 923. The molecule has 2 aromatic rings.